The van der Waals surface area contributed by atoms with Gasteiger partial charge in [-0.3, -0.25) is 0 Å². The van der Waals surface area contributed by atoms with E-state index in [9.17, 15) is 0 Å². The molecule has 0 saturated heterocycles. The van der Waals surface area contributed by atoms with E-state index in [1.165, 1.54) is 49.9 Å². The molecular weight excluding hydrogens is 605 g/mol. The lowest BCUT2D eigenvalue weighted by Gasteiger charge is -2.13. The zero-order chi connectivity index (χ0) is 33.3. The average Bonchev–Trinajstić information content (AvgIpc) is 3.21. The fraction of sp³-hybridized carbons (Fsp3) is 0. The standard InChI is InChI=1S/C48H32N2/c1-3-11-33(12-4-1)40-16-9-18-42(31-40)43-19-10-17-41(32-43)36-23-21-34(22-24-36)35-25-27-38(28-26-35)47-46-44-20-8-7-13-37(44)29-30-45(46)49-48(50-47)39-14-5-2-6-15-39/h1-32H. The SMILES string of the molecule is c1ccc(-c2cccc(-c3cccc(-c4ccc(-c5ccc(-c6nc(-c7ccccc7)nc7ccc8ccccc8c67)cc5)cc4)c3)c2)cc1. The van der Waals surface area contributed by atoms with Gasteiger partial charge in [0.2, 0.25) is 0 Å². The number of nitrogens with zero attached hydrogens (tertiary/aromatic N) is 2. The maximum absolute atomic E-state index is 5.18. The van der Waals surface area contributed by atoms with Gasteiger partial charge in [0.25, 0.3) is 0 Å². The highest BCUT2D eigenvalue weighted by Gasteiger charge is 2.15. The Kier molecular flexibility index (Phi) is 7.53. The third-order valence-corrected chi connectivity index (χ3v) is 9.50. The molecule has 0 radical (unpaired) electrons. The van der Waals surface area contributed by atoms with Crippen molar-refractivity contribution in [3.63, 3.8) is 0 Å². The largest absolute Gasteiger partial charge is 0.228 e. The molecule has 2 nitrogen and oxygen atoms in total. The van der Waals surface area contributed by atoms with Gasteiger partial charge in [0, 0.05) is 16.5 Å². The lowest BCUT2D eigenvalue weighted by molar-refractivity contribution is 1.23. The van der Waals surface area contributed by atoms with Gasteiger partial charge >= 0.3 is 0 Å². The van der Waals surface area contributed by atoms with Crippen molar-refractivity contribution in [3.05, 3.63) is 194 Å². The molecule has 0 aliphatic carbocycles. The van der Waals surface area contributed by atoms with Crippen LogP contribution in [0.4, 0.5) is 0 Å². The van der Waals surface area contributed by atoms with Crippen molar-refractivity contribution >= 4 is 21.7 Å². The Morgan fingerprint density at radius 2 is 0.720 bits per heavy atom. The Hall–Kier alpha value is -6.64. The Morgan fingerprint density at radius 3 is 1.32 bits per heavy atom. The van der Waals surface area contributed by atoms with Crippen LogP contribution in [0.3, 0.4) is 0 Å². The molecule has 0 aliphatic heterocycles. The minimum absolute atomic E-state index is 0.732. The molecule has 0 spiro atoms. The van der Waals surface area contributed by atoms with Crippen LogP contribution in [0, 0.1) is 0 Å². The summed E-state index contributed by atoms with van der Waals surface area (Å²) in [6, 6.07) is 68.8. The van der Waals surface area contributed by atoms with Gasteiger partial charge in [0.1, 0.15) is 0 Å². The third kappa shape index (κ3) is 5.63. The summed E-state index contributed by atoms with van der Waals surface area (Å²) in [4.78, 5) is 10.2. The summed E-state index contributed by atoms with van der Waals surface area (Å²) in [6.45, 7) is 0. The van der Waals surface area contributed by atoms with Crippen LogP contribution in [0.5, 0.6) is 0 Å². The third-order valence-electron chi connectivity index (χ3n) is 9.50. The average molecular weight is 637 g/mol. The Labute approximate surface area is 292 Å². The molecule has 0 saturated carbocycles. The van der Waals surface area contributed by atoms with Crippen LogP contribution in [0.1, 0.15) is 0 Å². The monoisotopic (exact) mass is 636 g/mol. The summed E-state index contributed by atoms with van der Waals surface area (Å²) in [5, 5.41) is 3.42. The van der Waals surface area contributed by atoms with Crippen LogP contribution in [0.15, 0.2) is 194 Å². The van der Waals surface area contributed by atoms with Gasteiger partial charge in [-0.15, -0.1) is 0 Å². The molecule has 2 heteroatoms. The van der Waals surface area contributed by atoms with Crippen LogP contribution in [0.2, 0.25) is 0 Å². The Bertz CT molecular complexity index is 2610. The summed E-state index contributed by atoms with van der Waals surface area (Å²) in [5.74, 6) is 0.732. The van der Waals surface area contributed by atoms with E-state index in [1.54, 1.807) is 0 Å². The molecule has 0 atom stereocenters. The van der Waals surface area contributed by atoms with Crippen molar-refractivity contribution in [2.45, 2.75) is 0 Å². The van der Waals surface area contributed by atoms with E-state index in [4.69, 9.17) is 9.97 Å². The van der Waals surface area contributed by atoms with Gasteiger partial charge in [-0.25, -0.2) is 9.97 Å². The van der Waals surface area contributed by atoms with Crippen LogP contribution in [-0.4, -0.2) is 9.97 Å². The first-order chi connectivity index (χ1) is 24.8. The Morgan fingerprint density at radius 1 is 0.280 bits per heavy atom. The van der Waals surface area contributed by atoms with Crippen molar-refractivity contribution in [2.24, 2.45) is 0 Å². The molecule has 9 rings (SSSR count). The van der Waals surface area contributed by atoms with Crippen molar-refractivity contribution in [2.75, 3.05) is 0 Å². The molecule has 50 heavy (non-hydrogen) atoms. The number of aromatic nitrogens is 2. The molecule has 234 valence electrons. The molecule has 0 aliphatic rings. The topological polar surface area (TPSA) is 25.8 Å². The minimum Gasteiger partial charge on any atom is -0.228 e. The van der Waals surface area contributed by atoms with Gasteiger partial charge < -0.3 is 0 Å². The first-order valence-electron chi connectivity index (χ1n) is 17.0. The molecule has 8 aromatic carbocycles. The van der Waals surface area contributed by atoms with Crippen molar-refractivity contribution < 1.29 is 0 Å². The number of hydrogen-bond acceptors (Lipinski definition) is 2. The quantitative estimate of drug-likeness (QED) is 0.170. The summed E-state index contributed by atoms with van der Waals surface area (Å²) >= 11 is 0. The zero-order valence-electron chi connectivity index (χ0n) is 27.4. The molecule has 1 heterocycles. The molecule has 9 aromatic rings. The summed E-state index contributed by atoms with van der Waals surface area (Å²) in [6.07, 6.45) is 0. The van der Waals surface area contributed by atoms with Crippen LogP contribution >= 0.6 is 0 Å². The molecule has 0 N–H and O–H groups in total. The second kappa shape index (κ2) is 12.8. The predicted octanol–water partition coefficient (Wildman–Crippen LogP) is 12.8. The van der Waals surface area contributed by atoms with Crippen molar-refractivity contribution in [1.82, 2.24) is 9.97 Å². The van der Waals surface area contributed by atoms with Crippen LogP contribution < -0.4 is 0 Å². The number of hydrogen-bond donors (Lipinski definition) is 0. The maximum Gasteiger partial charge on any atom is 0.160 e. The van der Waals surface area contributed by atoms with Crippen molar-refractivity contribution in [1.29, 1.82) is 0 Å². The highest BCUT2D eigenvalue weighted by Crippen LogP contribution is 2.36. The molecule has 0 amide bonds. The predicted molar refractivity (Wildman–Crippen MR) is 210 cm³/mol. The van der Waals surface area contributed by atoms with Gasteiger partial charge in [0.05, 0.1) is 11.2 Å². The molecular formula is C48H32N2. The van der Waals surface area contributed by atoms with E-state index in [0.29, 0.717) is 0 Å². The smallest absolute Gasteiger partial charge is 0.160 e. The highest BCUT2D eigenvalue weighted by molar-refractivity contribution is 6.12. The second-order valence-corrected chi connectivity index (χ2v) is 12.6. The lowest BCUT2D eigenvalue weighted by atomic mass is 9.95. The molecule has 0 bridgehead atoms. The van der Waals surface area contributed by atoms with Crippen LogP contribution in [0.25, 0.3) is 88.8 Å². The number of benzene rings is 8. The minimum atomic E-state index is 0.732. The Balaban J connectivity index is 1.03. The first-order valence-corrected chi connectivity index (χ1v) is 17.0. The number of rotatable bonds is 6. The van der Waals surface area contributed by atoms with Gasteiger partial charge in [-0.2, -0.15) is 0 Å². The molecule has 0 unspecified atom stereocenters. The second-order valence-electron chi connectivity index (χ2n) is 12.6. The lowest BCUT2D eigenvalue weighted by Crippen LogP contribution is -1.96. The van der Waals surface area contributed by atoms with E-state index >= 15 is 0 Å². The summed E-state index contributed by atoms with van der Waals surface area (Å²) in [7, 11) is 0. The zero-order valence-corrected chi connectivity index (χ0v) is 27.4. The molecule has 1 aromatic heterocycles. The van der Waals surface area contributed by atoms with E-state index in [2.05, 4.69) is 176 Å². The van der Waals surface area contributed by atoms with E-state index in [-0.39, 0.29) is 0 Å². The normalized spacial score (nSPS) is 11.2. The fourth-order valence-corrected chi connectivity index (χ4v) is 6.89. The van der Waals surface area contributed by atoms with Crippen LogP contribution in [-0.2, 0) is 0 Å². The molecule has 0 fully saturated rings. The van der Waals surface area contributed by atoms with Crippen molar-refractivity contribution in [3.8, 4) is 67.2 Å². The van der Waals surface area contributed by atoms with Gasteiger partial charge in [-0.05, 0) is 73.5 Å². The maximum atomic E-state index is 5.18. The number of fused-ring (bicyclic) bond motifs is 3. The fourth-order valence-electron chi connectivity index (χ4n) is 6.89. The van der Waals surface area contributed by atoms with E-state index in [1.807, 2.05) is 18.2 Å². The first kappa shape index (κ1) is 29.5. The van der Waals surface area contributed by atoms with E-state index in [0.717, 1.165) is 38.9 Å². The summed E-state index contributed by atoms with van der Waals surface area (Å²) < 4.78 is 0. The highest BCUT2D eigenvalue weighted by atomic mass is 14.9. The van der Waals surface area contributed by atoms with Gasteiger partial charge in [0.15, 0.2) is 5.82 Å². The van der Waals surface area contributed by atoms with Gasteiger partial charge in [-0.1, -0.05) is 176 Å². The van der Waals surface area contributed by atoms with E-state index < -0.39 is 0 Å². The summed E-state index contributed by atoms with van der Waals surface area (Å²) in [5.41, 5.74) is 13.6.